The highest BCUT2D eigenvalue weighted by Gasteiger charge is 2.22. The Hall–Kier alpha value is -1.46. The molecule has 2 rings (SSSR count). The average Bonchev–Trinajstić information content (AvgIpc) is 2.88. The second-order valence-corrected chi connectivity index (χ2v) is 5.18. The molecule has 1 unspecified atom stereocenters. The van der Waals surface area contributed by atoms with Crippen molar-refractivity contribution in [3.63, 3.8) is 0 Å². The van der Waals surface area contributed by atoms with E-state index in [4.69, 9.17) is 11.6 Å². The van der Waals surface area contributed by atoms with E-state index in [-0.39, 0.29) is 11.7 Å². The lowest BCUT2D eigenvalue weighted by Crippen LogP contribution is -2.22. The molecule has 4 nitrogen and oxygen atoms in total. The quantitative estimate of drug-likeness (QED) is 0.885. The Balaban J connectivity index is 2.54. The van der Waals surface area contributed by atoms with Gasteiger partial charge >= 0.3 is 0 Å². The standard InChI is InChI=1S/C15H20ClFN4/c1-4-12(18-6-3)14-13(5-2)21(20-19-14)15-10(16)8-7-9-11(15)17/h7-9,12,18H,4-6H2,1-3H3. The molecule has 1 aromatic carbocycles. The van der Waals surface area contributed by atoms with Crippen molar-refractivity contribution in [1.82, 2.24) is 20.3 Å². The summed E-state index contributed by atoms with van der Waals surface area (Å²) in [6, 6.07) is 4.73. The molecule has 0 spiro atoms. The molecule has 0 aliphatic carbocycles. The zero-order valence-corrected chi connectivity index (χ0v) is 13.3. The maximum Gasteiger partial charge on any atom is 0.150 e. The summed E-state index contributed by atoms with van der Waals surface area (Å²) in [4.78, 5) is 0. The third-order valence-corrected chi connectivity index (χ3v) is 3.77. The minimum atomic E-state index is -0.398. The van der Waals surface area contributed by atoms with Crippen LogP contribution in [0.1, 0.15) is 44.6 Å². The molecule has 2 aromatic rings. The molecule has 6 heteroatoms. The Labute approximate surface area is 129 Å². The average molecular weight is 311 g/mol. The van der Waals surface area contributed by atoms with Crippen LogP contribution in [-0.2, 0) is 6.42 Å². The van der Waals surface area contributed by atoms with E-state index in [2.05, 4.69) is 22.6 Å². The molecule has 0 fully saturated rings. The molecule has 1 heterocycles. The molecule has 0 amide bonds. The lowest BCUT2D eigenvalue weighted by molar-refractivity contribution is 0.520. The van der Waals surface area contributed by atoms with Gasteiger partial charge in [0.2, 0.25) is 0 Å². The molecule has 0 saturated heterocycles. The minimum absolute atomic E-state index is 0.115. The Bertz CT molecular complexity index is 591. The molecule has 0 aliphatic heterocycles. The predicted octanol–water partition coefficient (Wildman–Crippen LogP) is 3.68. The van der Waals surface area contributed by atoms with Gasteiger partial charge in [0.15, 0.2) is 0 Å². The summed E-state index contributed by atoms with van der Waals surface area (Å²) in [6.07, 6.45) is 1.60. The van der Waals surface area contributed by atoms with Crippen molar-refractivity contribution in [2.75, 3.05) is 6.54 Å². The van der Waals surface area contributed by atoms with E-state index in [1.807, 2.05) is 13.8 Å². The second-order valence-electron chi connectivity index (χ2n) is 4.78. The van der Waals surface area contributed by atoms with E-state index >= 15 is 0 Å². The molecule has 1 N–H and O–H groups in total. The van der Waals surface area contributed by atoms with Gasteiger partial charge in [-0.25, -0.2) is 9.07 Å². The number of benzene rings is 1. The second kappa shape index (κ2) is 7.00. The first-order valence-corrected chi connectivity index (χ1v) is 7.63. The van der Waals surface area contributed by atoms with Crippen LogP contribution in [0.2, 0.25) is 5.02 Å². The van der Waals surface area contributed by atoms with E-state index in [9.17, 15) is 4.39 Å². The molecule has 21 heavy (non-hydrogen) atoms. The Morgan fingerprint density at radius 3 is 2.67 bits per heavy atom. The van der Waals surface area contributed by atoms with Crippen LogP contribution < -0.4 is 5.32 Å². The van der Waals surface area contributed by atoms with E-state index in [0.717, 1.165) is 24.4 Å². The normalized spacial score (nSPS) is 12.6. The first-order chi connectivity index (χ1) is 10.1. The summed E-state index contributed by atoms with van der Waals surface area (Å²) >= 11 is 6.13. The smallest absolute Gasteiger partial charge is 0.150 e. The Morgan fingerprint density at radius 1 is 1.33 bits per heavy atom. The number of nitrogens with zero attached hydrogens (tertiary/aromatic N) is 3. The lowest BCUT2D eigenvalue weighted by atomic mass is 10.1. The highest BCUT2D eigenvalue weighted by Crippen LogP contribution is 2.27. The van der Waals surface area contributed by atoms with Crippen LogP contribution in [-0.4, -0.2) is 21.5 Å². The van der Waals surface area contributed by atoms with Crippen molar-refractivity contribution in [3.8, 4) is 5.69 Å². The van der Waals surface area contributed by atoms with Gasteiger partial charge in [0, 0.05) is 0 Å². The molecule has 1 atom stereocenters. The number of nitrogens with one attached hydrogen (secondary N) is 1. The first kappa shape index (κ1) is 15.9. The number of halogens is 2. The molecule has 0 saturated carbocycles. The Morgan fingerprint density at radius 2 is 2.10 bits per heavy atom. The zero-order chi connectivity index (χ0) is 15.4. The van der Waals surface area contributed by atoms with Crippen molar-refractivity contribution in [2.45, 2.75) is 39.7 Å². The third-order valence-electron chi connectivity index (χ3n) is 3.47. The van der Waals surface area contributed by atoms with Gasteiger partial charge in [-0.1, -0.05) is 43.7 Å². The van der Waals surface area contributed by atoms with Crippen LogP contribution in [0.3, 0.4) is 0 Å². The summed E-state index contributed by atoms with van der Waals surface area (Å²) in [7, 11) is 0. The van der Waals surface area contributed by atoms with Crippen LogP contribution in [0.25, 0.3) is 5.69 Å². The Kier molecular flexibility index (Phi) is 5.31. The molecule has 0 bridgehead atoms. The fraction of sp³-hybridized carbons (Fsp3) is 0.467. The minimum Gasteiger partial charge on any atom is -0.309 e. The van der Waals surface area contributed by atoms with Gasteiger partial charge in [-0.2, -0.15) is 0 Å². The molecule has 0 aliphatic rings. The van der Waals surface area contributed by atoms with Gasteiger partial charge in [-0.15, -0.1) is 5.10 Å². The van der Waals surface area contributed by atoms with Gasteiger partial charge in [0.25, 0.3) is 0 Å². The van der Waals surface area contributed by atoms with Gasteiger partial charge in [0.05, 0.1) is 16.8 Å². The molecule has 114 valence electrons. The highest BCUT2D eigenvalue weighted by atomic mass is 35.5. The van der Waals surface area contributed by atoms with Gasteiger partial charge in [0.1, 0.15) is 17.2 Å². The van der Waals surface area contributed by atoms with Crippen molar-refractivity contribution in [3.05, 3.63) is 40.4 Å². The summed E-state index contributed by atoms with van der Waals surface area (Å²) in [5, 5.41) is 12.1. The summed E-state index contributed by atoms with van der Waals surface area (Å²) in [5.41, 5.74) is 2.01. The lowest BCUT2D eigenvalue weighted by Gasteiger charge is -2.15. The van der Waals surface area contributed by atoms with Crippen molar-refractivity contribution < 1.29 is 4.39 Å². The third kappa shape index (κ3) is 3.09. The van der Waals surface area contributed by atoms with Gasteiger partial charge in [-0.3, -0.25) is 0 Å². The number of aromatic nitrogens is 3. The van der Waals surface area contributed by atoms with Crippen molar-refractivity contribution in [2.24, 2.45) is 0 Å². The SMILES string of the molecule is CCNC(CC)c1nnn(-c2c(F)cccc2Cl)c1CC. The summed E-state index contributed by atoms with van der Waals surface area (Å²) in [6.45, 7) is 6.98. The topological polar surface area (TPSA) is 42.7 Å². The van der Waals surface area contributed by atoms with Crippen LogP contribution in [0.5, 0.6) is 0 Å². The van der Waals surface area contributed by atoms with Crippen molar-refractivity contribution >= 4 is 11.6 Å². The van der Waals surface area contributed by atoms with Gasteiger partial charge in [-0.05, 0) is 31.5 Å². The molecular weight excluding hydrogens is 291 g/mol. The van der Waals surface area contributed by atoms with E-state index < -0.39 is 5.82 Å². The number of para-hydroxylation sites is 1. The maximum atomic E-state index is 14.1. The monoisotopic (exact) mass is 310 g/mol. The van der Waals surface area contributed by atoms with Crippen LogP contribution >= 0.6 is 11.6 Å². The van der Waals surface area contributed by atoms with Crippen LogP contribution in [0, 0.1) is 5.82 Å². The first-order valence-electron chi connectivity index (χ1n) is 7.26. The van der Waals surface area contributed by atoms with Crippen LogP contribution in [0.15, 0.2) is 18.2 Å². The number of rotatable bonds is 6. The summed E-state index contributed by atoms with van der Waals surface area (Å²) < 4.78 is 15.6. The number of hydrogen-bond donors (Lipinski definition) is 1. The molecular formula is C15H20ClFN4. The van der Waals surface area contributed by atoms with Crippen molar-refractivity contribution in [1.29, 1.82) is 0 Å². The fourth-order valence-corrected chi connectivity index (χ4v) is 2.71. The summed E-state index contributed by atoms with van der Waals surface area (Å²) in [5.74, 6) is -0.398. The highest BCUT2D eigenvalue weighted by molar-refractivity contribution is 6.32. The van der Waals surface area contributed by atoms with E-state index in [1.165, 1.54) is 10.7 Å². The number of hydrogen-bond acceptors (Lipinski definition) is 3. The van der Waals surface area contributed by atoms with Gasteiger partial charge < -0.3 is 5.32 Å². The predicted molar refractivity (Wildman–Crippen MR) is 82.4 cm³/mol. The largest absolute Gasteiger partial charge is 0.309 e. The maximum absolute atomic E-state index is 14.1. The fourth-order valence-electron chi connectivity index (χ4n) is 2.47. The van der Waals surface area contributed by atoms with E-state index in [1.54, 1.807) is 12.1 Å². The van der Waals surface area contributed by atoms with Crippen LogP contribution in [0.4, 0.5) is 4.39 Å². The van der Waals surface area contributed by atoms with E-state index in [0.29, 0.717) is 11.4 Å². The molecule has 0 radical (unpaired) electrons. The molecule has 1 aromatic heterocycles. The zero-order valence-electron chi connectivity index (χ0n) is 12.5.